The molecule has 0 heterocycles. The minimum atomic E-state index is -0.698. The molecule has 1 atom stereocenters. The summed E-state index contributed by atoms with van der Waals surface area (Å²) in [7, 11) is 0. The van der Waals surface area contributed by atoms with E-state index in [4.69, 9.17) is 0 Å². The molecule has 0 aromatic carbocycles. The predicted octanol–water partition coefficient (Wildman–Crippen LogP) is 2.30. The summed E-state index contributed by atoms with van der Waals surface area (Å²) in [5.74, 6) is 0.0188. The highest BCUT2D eigenvalue weighted by molar-refractivity contribution is 5.82. The number of aliphatic hydroxyl groups is 1. The molecule has 0 saturated heterocycles. The van der Waals surface area contributed by atoms with Crippen LogP contribution in [-0.2, 0) is 4.79 Å². The van der Waals surface area contributed by atoms with Crippen LogP contribution in [0.15, 0.2) is 0 Å². The SMILES string of the molecule is CCCCC(=O)[C@@H](O)CCCC. The van der Waals surface area contributed by atoms with Crippen molar-refractivity contribution in [2.75, 3.05) is 0 Å². The number of unbranched alkanes of at least 4 members (excludes halogenated alkanes) is 2. The molecule has 0 unspecified atom stereocenters. The van der Waals surface area contributed by atoms with Crippen LogP contribution in [0.1, 0.15) is 52.4 Å². The van der Waals surface area contributed by atoms with Gasteiger partial charge in [0.2, 0.25) is 0 Å². The van der Waals surface area contributed by atoms with E-state index in [9.17, 15) is 9.90 Å². The van der Waals surface area contributed by atoms with E-state index in [0.29, 0.717) is 12.8 Å². The van der Waals surface area contributed by atoms with Crippen LogP contribution in [0.4, 0.5) is 0 Å². The Kier molecular flexibility index (Phi) is 7.06. The van der Waals surface area contributed by atoms with Gasteiger partial charge in [0.25, 0.3) is 0 Å². The van der Waals surface area contributed by atoms with Gasteiger partial charge >= 0.3 is 0 Å². The molecular formula is C10H20O2. The molecule has 0 spiro atoms. The maximum atomic E-state index is 11.2. The Morgan fingerprint density at radius 3 is 2.33 bits per heavy atom. The highest BCUT2D eigenvalue weighted by Gasteiger charge is 2.12. The summed E-state index contributed by atoms with van der Waals surface area (Å²) in [6, 6.07) is 0. The zero-order chi connectivity index (χ0) is 9.40. The van der Waals surface area contributed by atoms with Crippen LogP contribution in [0.2, 0.25) is 0 Å². The summed E-state index contributed by atoms with van der Waals surface area (Å²) in [5, 5.41) is 9.33. The van der Waals surface area contributed by atoms with Gasteiger partial charge in [0, 0.05) is 6.42 Å². The lowest BCUT2D eigenvalue weighted by molar-refractivity contribution is -0.127. The number of ketones is 1. The highest BCUT2D eigenvalue weighted by atomic mass is 16.3. The lowest BCUT2D eigenvalue weighted by Gasteiger charge is -2.07. The molecule has 0 radical (unpaired) electrons. The first-order valence-electron chi connectivity index (χ1n) is 4.93. The number of hydrogen-bond acceptors (Lipinski definition) is 2. The lowest BCUT2D eigenvalue weighted by Crippen LogP contribution is -2.19. The lowest BCUT2D eigenvalue weighted by atomic mass is 10.0. The van der Waals surface area contributed by atoms with E-state index >= 15 is 0 Å². The van der Waals surface area contributed by atoms with Crippen molar-refractivity contribution in [2.24, 2.45) is 0 Å². The third-order valence-corrected chi connectivity index (χ3v) is 1.98. The molecule has 0 aromatic heterocycles. The van der Waals surface area contributed by atoms with Gasteiger partial charge in [-0.1, -0.05) is 33.1 Å². The maximum absolute atomic E-state index is 11.2. The second-order valence-electron chi connectivity index (χ2n) is 3.23. The van der Waals surface area contributed by atoms with E-state index in [1.807, 2.05) is 6.92 Å². The van der Waals surface area contributed by atoms with Crippen LogP contribution >= 0.6 is 0 Å². The Balaban J connectivity index is 3.47. The fraction of sp³-hybridized carbons (Fsp3) is 0.900. The van der Waals surface area contributed by atoms with Gasteiger partial charge in [-0.3, -0.25) is 4.79 Å². The van der Waals surface area contributed by atoms with Gasteiger partial charge < -0.3 is 5.11 Å². The molecule has 0 aliphatic rings. The molecule has 12 heavy (non-hydrogen) atoms. The summed E-state index contributed by atoms with van der Waals surface area (Å²) in [5.41, 5.74) is 0. The van der Waals surface area contributed by atoms with Gasteiger partial charge in [0.15, 0.2) is 5.78 Å². The minimum absolute atomic E-state index is 0.0188. The smallest absolute Gasteiger partial charge is 0.161 e. The molecule has 0 saturated carbocycles. The Bertz CT molecular complexity index is 121. The van der Waals surface area contributed by atoms with Crippen LogP contribution in [-0.4, -0.2) is 17.0 Å². The monoisotopic (exact) mass is 172 g/mol. The van der Waals surface area contributed by atoms with Crippen molar-refractivity contribution in [3.63, 3.8) is 0 Å². The molecule has 0 aliphatic carbocycles. The predicted molar refractivity (Wildman–Crippen MR) is 50.1 cm³/mol. The fourth-order valence-electron chi connectivity index (χ4n) is 1.08. The molecule has 0 amide bonds. The molecular weight excluding hydrogens is 152 g/mol. The van der Waals surface area contributed by atoms with Crippen LogP contribution in [0.25, 0.3) is 0 Å². The summed E-state index contributed by atoms with van der Waals surface area (Å²) in [6.07, 6.45) is 4.39. The zero-order valence-corrected chi connectivity index (χ0v) is 8.18. The van der Waals surface area contributed by atoms with Crippen molar-refractivity contribution >= 4 is 5.78 Å². The van der Waals surface area contributed by atoms with Crippen molar-refractivity contribution in [3.05, 3.63) is 0 Å². The van der Waals surface area contributed by atoms with Crippen LogP contribution < -0.4 is 0 Å². The van der Waals surface area contributed by atoms with Crippen molar-refractivity contribution in [1.82, 2.24) is 0 Å². The second-order valence-corrected chi connectivity index (χ2v) is 3.23. The first-order valence-corrected chi connectivity index (χ1v) is 4.93. The van der Waals surface area contributed by atoms with E-state index in [2.05, 4.69) is 6.92 Å². The van der Waals surface area contributed by atoms with Gasteiger partial charge in [-0.15, -0.1) is 0 Å². The van der Waals surface area contributed by atoms with E-state index < -0.39 is 6.10 Å². The Labute approximate surface area is 75.0 Å². The number of aliphatic hydroxyl groups excluding tert-OH is 1. The minimum Gasteiger partial charge on any atom is -0.385 e. The topological polar surface area (TPSA) is 37.3 Å². The molecule has 2 heteroatoms. The number of hydrogen-bond donors (Lipinski definition) is 1. The first kappa shape index (κ1) is 11.6. The van der Waals surface area contributed by atoms with Gasteiger partial charge in [0.05, 0.1) is 0 Å². The Hall–Kier alpha value is -0.370. The average molecular weight is 172 g/mol. The third kappa shape index (κ3) is 5.30. The molecule has 2 nitrogen and oxygen atoms in total. The summed E-state index contributed by atoms with van der Waals surface area (Å²) in [6.45, 7) is 4.11. The summed E-state index contributed by atoms with van der Waals surface area (Å²) >= 11 is 0. The van der Waals surface area contributed by atoms with Crippen LogP contribution in [0.3, 0.4) is 0 Å². The maximum Gasteiger partial charge on any atom is 0.161 e. The zero-order valence-electron chi connectivity index (χ0n) is 8.18. The number of Topliss-reactive ketones (excluding diaryl/α,β-unsaturated/α-hetero) is 1. The number of rotatable bonds is 7. The standard InChI is InChI=1S/C10H20O2/c1-3-5-7-9(11)10(12)8-6-4-2/h9,11H,3-8H2,1-2H3/t9-/m0/s1. The van der Waals surface area contributed by atoms with E-state index in [1.165, 1.54) is 0 Å². The second kappa shape index (κ2) is 7.29. The van der Waals surface area contributed by atoms with E-state index in [0.717, 1.165) is 25.7 Å². The quantitative estimate of drug-likeness (QED) is 0.639. The van der Waals surface area contributed by atoms with Gasteiger partial charge in [-0.05, 0) is 12.8 Å². The van der Waals surface area contributed by atoms with Gasteiger partial charge in [0.1, 0.15) is 6.10 Å². The van der Waals surface area contributed by atoms with Crippen molar-refractivity contribution in [3.8, 4) is 0 Å². The van der Waals surface area contributed by atoms with Crippen molar-refractivity contribution in [1.29, 1.82) is 0 Å². The first-order chi connectivity index (χ1) is 5.72. The molecule has 0 bridgehead atoms. The van der Waals surface area contributed by atoms with Crippen molar-refractivity contribution < 1.29 is 9.90 Å². The molecule has 1 N–H and O–H groups in total. The molecule has 0 rings (SSSR count). The largest absolute Gasteiger partial charge is 0.385 e. The molecule has 0 aromatic rings. The summed E-state index contributed by atoms with van der Waals surface area (Å²) in [4.78, 5) is 11.2. The normalized spacial score (nSPS) is 12.9. The third-order valence-electron chi connectivity index (χ3n) is 1.98. The summed E-state index contributed by atoms with van der Waals surface area (Å²) < 4.78 is 0. The van der Waals surface area contributed by atoms with Gasteiger partial charge in [-0.2, -0.15) is 0 Å². The van der Waals surface area contributed by atoms with Crippen molar-refractivity contribution in [2.45, 2.75) is 58.5 Å². The van der Waals surface area contributed by atoms with E-state index in [-0.39, 0.29) is 5.78 Å². The molecule has 0 fully saturated rings. The molecule has 72 valence electrons. The molecule has 0 aliphatic heterocycles. The average Bonchev–Trinajstić information content (AvgIpc) is 2.10. The number of carbonyl (C=O) groups excluding carboxylic acids is 1. The Morgan fingerprint density at radius 1 is 1.25 bits per heavy atom. The highest BCUT2D eigenvalue weighted by Crippen LogP contribution is 2.05. The number of carbonyl (C=O) groups is 1. The van der Waals surface area contributed by atoms with Crippen LogP contribution in [0.5, 0.6) is 0 Å². The van der Waals surface area contributed by atoms with E-state index in [1.54, 1.807) is 0 Å². The van der Waals surface area contributed by atoms with Gasteiger partial charge in [-0.25, -0.2) is 0 Å². The fourth-order valence-corrected chi connectivity index (χ4v) is 1.08. The van der Waals surface area contributed by atoms with Crippen LogP contribution in [0, 0.1) is 0 Å². The Morgan fingerprint density at radius 2 is 1.83 bits per heavy atom.